The number of hydrogen-bond donors (Lipinski definition) is 11. The molecule has 2 aliphatic heterocycles. The van der Waals surface area contributed by atoms with Gasteiger partial charge >= 0.3 is 0 Å². The summed E-state index contributed by atoms with van der Waals surface area (Å²) >= 11 is 0. The summed E-state index contributed by atoms with van der Waals surface area (Å²) in [5.74, 6) is 0. The highest BCUT2D eigenvalue weighted by Crippen LogP contribution is 2.27. The van der Waals surface area contributed by atoms with E-state index in [0.29, 0.717) is 0 Å². The van der Waals surface area contributed by atoms with Crippen LogP contribution < -0.4 is 0 Å². The molecule has 2 rings (SSSR count). The van der Waals surface area contributed by atoms with Crippen LogP contribution in [0.2, 0.25) is 0 Å². The minimum atomic E-state index is -1.86. The van der Waals surface area contributed by atoms with Crippen LogP contribution in [0, 0.1) is 0 Å². The second-order valence-corrected chi connectivity index (χ2v) is 8.13. The van der Waals surface area contributed by atoms with Crippen LogP contribution in [0.25, 0.3) is 0 Å². The van der Waals surface area contributed by atoms with Gasteiger partial charge in [-0.2, -0.15) is 0 Å². The molecule has 0 bridgehead atoms. The van der Waals surface area contributed by atoms with Gasteiger partial charge in [-0.05, 0) is 6.92 Å². The number of rotatable bonds is 10. The van der Waals surface area contributed by atoms with Gasteiger partial charge in [-0.15, -0.1) is 0 Å². The highest BCUT2D eigenvalue weighted by atomic mass is 16.7. The monoisotopic (exact) mass is 490 g/mol. The van der Waals surface area contributed by atoms with Crippen molar-refractivity contribution in [3.8, 4) is 0 Å². The fourth-order valence-electron chi connectivity index (χ4n) is 3.52. The molecular weight excluding hydrogens is 456 g/mol. The molecule has 0 spiro atoms. The summed E-state index contributed by atoms with van der Waals surface area (Å²) < 4.78 is 21.2. The molecule has 0 unspecified atom stereocenters. The van der Waals surface area contributed by atoms with E-state index < -0.39 is 106 Å². The third-order valence-corrected chi connectivity index (χ3v) is 5.63. The number of hydrogen-bond acceptors (Lipinski definition) is 15. The minimum Gasteiger partial charge on any atom is -0.394 e. The van der Waals surface area contributed by atoms with Gasteiger partial charge < -0.3 is 75.1 Å². The third-order valence-electron chi connectivity index (χ3n) is 5.63. The second kappa shape index (κ2) is 12.4. The van der Waals surface area contributed by atoms with E-state index in [1.165, 1.54) is 6.92 Å². The maximum absolute atomic E-state index is 10.2. The van der Waals surface area contributed by atoms with Crippen molar-refractivity contribution < 1.29 is 75.1 Å². The molecule has 15 nitrogen and oxygen atoms in total. The maximum atomic E-state index is 10.2. The molecule has 2 aliphatic rings. The summed E-state index contributed by atoms with van der Waals surface area (Å²) in [6, 6.07) is 0. The molecule has 11 N–H and O–H groups in total. The lowest BCUT2D eigenvalue weighted by Gasteiger charge is -2.44. The number of aliphatic hydroxyl groups excluding tert-OH is 11. The van der Waals surface area contributed by atoms with Crippen molar-refractivity contribution in [3.05, 3.63) is 0 Å². The van der Waals surface area contributed by atoms with Crippen LogP contribution >= 0.6 is 0 Å². The number of aliphatic hydroxyl groups is 11. The smallest absolute Gasteiger partial charge is 0.187 e. The zero-order chi connectivity index (χ0) is 25.0. The topological polar surface area (TPSA) is 259 Å². The van der Waals surface area contributed by atoms with Gasteiger partial charge in [-0.25, -0.2) is 0 Å². The standard InChI is InChI=1S/C18H34O15/c1-5(21)16(9(23)6(22)2-19)33-18-15(29)13(27)11(25)8(32-18)4-30-17-14(28)12(26)10(24)7(3-20)31-17/h5-29H,2-4H2,1H3/t5-,6-,7+,8+,9-,10-,11-,12-,13-,14+,15+,16-,17+,18-/m0/s1. The molecule has 14 atom stereocenters. The van der Waals surface area contributed by atoms with Crippen molar-refractivity contribution in [1.29, 1.82) is 0 Å². The van der Waals surface area contributed by atoms with E-state index in [0.717, 1.165) is 0 Å². The molecule has 2 heterocycles. The van der Waals surface area contributed by atoms with Gasteiger partial charge in [0.25, 0.3) is 0 Å². The zero-order valence-corrected chi connectivity index (χ0v) is 17.8. The Morgan fingerprint density at radius 2 is 1.24 bits per heavy atom. The van der Waals surface area contributed by atoms with Gasteiger partial charge in [0, 0.05) is 0 Å². The van der Waals surface area contributed by atoms with Crippen LogP contribution in [-0.4, -0.2) is 162 Å². The van der Waals surface area contributed by atoms with Gasteiger partial charge in [0.2, 0.25) is 0 Å². The lowest BCUT2D eigenvalue weighted by Crippen LogP contribution is -2.62. The van der Waals surface area contributed by atoms with Gasteiger partial charge in [-0.1, -0.05) is 0 Å². The van der Waals surface area contributed by atoms with Crippen LogP contribution in [0.15, 0.2) is 0 Å². The number of ether oxygens (including phenoxy) is 4. The summed E-state index contributed by atoms with van der Waals surface area (Å²) in [4.78, 5) is 0. The Hall–Kier alpha value is -0.600. The Balaban J connectivity index is 2.07. The molecule has 0 aromatic carbocycles. The minimum absolute atomic E-state index is 0.603. The maximum Gasteiger partial charge on any atom is 0.187 e. The van der Waals surface area contributed by atoms with Gasteiger partial charge in [0.1, 0.15) is 67.1 Å². The quantitative estimate of drug-likeness (QED) is 0.136. The summed E-state index contributed by atoms with van der Waals surface area (Å²) in [5, 5.41) is 108. The fraction of sp³-hybridized carbons (Fsp3) is 1.00. The Bertz CT molecular complexity index is 579. The normalized spacial score (nSPS) is 43.6. The fourth-order valence-corrected chi connectivity index (χ4v) is 3.52. The lowest BCUT2D eigenvalue weighted by atomic mass is 9.98. The van der Waals surface area contributed by atoms with Crippen molar-refractivity contribution in [2.45, 2.75) is 92.8 Å². The Morgan fingerprint density at radius 1 is 0.727 bits per heavy atom. The molecular formula is C18H34O15. The Labute approximate surface area is 188 Å². The molecule has 0 amide bonds. The van der Waals surface area contributed by atoms with Crippen molar-refractivity contribution in [1.82, 2.24) is 0 Å². The highest BCUT2D eigenvalue weighted by molar-refractivity contribution is 4.92. The van der Waals surface area contributed by atoms with E-state index in [2.05, 4.69) is 0 Å². The largest absolute Gasteiger partial charge is 0.394 e. The predicted molar refractivity (Wildman–Crippen MR) is 102 cm³/mol. The van der Waals surface area contributed by atoms with E-state index in [1.807, 2.05) is 0 Å². The van der Waals surface area contributed by atoms with Crippen LogP contribution in [0.3, 0.4) is 0 Å². The first-order valence-electron chi connectivity index (χ1n) is 10.4. The van der Waals surface area contributed by atoms with Gasteiger partial charge in [0.05, 0.1) is 25.9 Å². The first-order chi connectivity index (χ1) is 15.4. The first-order valence-corrected chi connectivity index (χ1v) is 10.4. The summed E-state index contributed by atoms with van der Waals surface area (Å²) in [6.07, 6.45) is -23.0. The van der Waals surface area contributed by atoms with Crippen molar-refractivity contribution in [3.63, 3.8) is 0 Å². The molecule has 2 saturated heterocycles. The molecule has 0 aromatic heterocycles. The average Bonchev–Trinajstić information content (AvgIpc) is 2.79. The molecule has 2 fully saturated rings. The Kier molecular flexibility index (Phi) is 10.7. The van der Waals surface area contributed by atoms with E-state index in [-0.39, 0.29) is 0 Å². The molecule has 0 radical (unpaired) electrons. The SMILES string of the molecule is C[C@H](O)[C@H](O[C@@H]1O[C@H](CO[C@@H]2O[C@H](CO)[C@H](O)[C@H](O)[C@H]2O)[C@H](O)[C@H](O)[C@H]1O)[C@@H](O)[C@@H](O)CO. The molecule has 196 valence electrons. The van der Waals surface area contributed by atoms with Crippen LogP contribution in [0.5, 0.6) is 0 Å². The van der Waals surface area contributed by atoms with E-state index >= 15 is 0 Å². The molecule has 0 saturated carbocycles. The zero-order valence-electron chi connectivity index (χ0n) is 17.8. The molecule has 0 aromatic rings. The summed E-state index contributed by atoms with van der Waals surface area (Å²) in [7, 11) is 0. The van der Waals surface area contributed by atoms with Gasteiger partial charge in [0.15, 0.2) is 12.6 Å². The predicted octanol–water partition coefficient (Wildman–Crippen LogP) is -6.91. The summed E-state index contributed by atoms with van der Waals surface area (Å²) in [6.45, 7) is -0.970. The molecule has 15 heteroatoms. The van der Waals surface area contributed by atoms with E-state index in [4.69, 9.17) is 24.1 Å². The summed E-state index contributed by atoms with van der Waals surface area (Å²) in [5.41, 5.74) is 0. The third kappa shape index (κ3) is 6.54. The van der Waals surface area contributed by atoms with Crippen molar-refractivity contribution in [2.24, 2.45) is 0 Å². The second-order valence-electron chi connectivity index (χ2n) is 8.13. The van der Waals surface area contributed by atoms with Gasteiger partial charge in [-0.3, -0.25) is 0 Å². The van der Waals surface area contributed by atoms with Crippen LogP contribution in [-0.2, 0) is 18.9 Å². The Morgan fingerprint density at radius 3 is 1.76 bits per heavy atom. The van der Waals surface area contributed by atoms with Crippen molar-refractivity contribution >= 4 is 0 Å². The van der Waals surface area contributed by atoms with Crippen LogP contribution in [0.1, 0.15) is 6.92 Å². The first kappa shape index (κ1) is 28.6. The molecule has 0 aliphatic carbocycles. The molecule has 33 heavy (non-hydrogen) atoms. The van der Waals surface area contributed by atoms with Crippen LogP contribution in [0.4, 0.5) is 0 Å². The van der Waals surface area contributed by atoms with E-state index in [9.17, 15) is 51.1 Å². The highest BCUT2D eigenvalue weighted by Gasteiger charge is 2.48. The average molecular weight is 490 g/mol. The van der Waals surface area contributed by atoms with Crippen molar-refractivity contribution in [2.75, 3.05) is 19.8 Å². The lowest BCUT2D eigenvalue weighted by molar-refractivity contribution is -0.343. The van der Waals surface area contributed by atoms with E-state index in [1.54, 1.807) is 0 Å².